The fourth-order valence-corrected chi connectivity index (χ4v) is 2.64. The number of benzene rings is 2. The van der Waals surface area contributed by atoms with Crippen LogP contribution in [0.15, 0.2) is 36.4 Å². The third kappa shape index (κ3) is 2.48. The minimum absolute atomic E-state index is 0.103. The molecule has 1 aliphatic heterocycles. The fourth-order valence-electron chi connectivity index (χ4n) is 2.64. The van der Waals surface area contributed by atoms with Gasteiger partial charge in [-0.05, 0) is 29.8 Å². The number of carboxylic acids is 1. The summed E-state index contributed by atoms with van der Waals surface area (Å²) in [6.07, 6.45) is 0. The van der Waals surface area contributed by atoms with Crippen molar-refractivity contribution in [2.75, 3.05) is 19.1 Å². The van der Waals surface area contributed by atoms with E-state index >= 15 is 0 Å². The topological polar surface area (TPSA) is 76.1 Å². The molecule has 3 rings (SSSR count). The number of methoxy groups -OCH3 is 2. The van der Waals surface area contributed by atoms with E-state index < -0.39 is 5.97 Å². The maximum absolute atomic E-state index is 12.6. The first-order valence-corrected chi connectivity index (χ1v) is 6.95. The number of rotatable bonds is 4. The van der Waals surface area contributed by atoms with E-state index in [1.807, 2.05) is 0 Å². The Kier molecular flexibility index (Phi) is 3.65. The third-order valence-corrected chi connectivity index (χ3v) is 3.84. The molecule has 0 bridgehead atoms. The quantitative estimate of drug-likeness (QED) is 0.939. The molecule has 0 radical (unpaired) electrons. The second-order valence-corrected chi connectivity index (χ2v) is 5.11. The van der Waals surface area contributed by atoms with Crippen molar-refractivity contribution in [3.63, 3.8) is 0 Å². The standard InChI is InChI=1S/C17H15NO5/c1-22-14-6-5-12(8-15(14)23-2)18-9-11-4-3-10(17(20)21)7-13(11)16(18)19/h3-8H,9H2,1-2H3,(H,20,21). The molecule has 0 saturated heterocycles. The lowest BCUT2D eigenvalue weighted by Crippen LogP contribution is -2.23. The van der Waals surface area contributed by atoms with Crippen molar-refractivity contribution < 1.29 is 24.2 Å². The lowest BCUT2D eigenvalue weighted by atomic mass is 10.1. The molecular weight excluding hydrogens is 298 g/mol. The van der Waals surface area contributed by atoms with E-state index in [9.17, 15) is 9.59 Å². The van der Waals surface area contributed by atoms with Crippen LogP contribution in [0.2, 0.25) is 0 Å². The van der Waals surface area contributed by atoms with Gasteiger partial charge in [-0.15, -0.1) is 0 Å². The number of carboxylic acid groups (broad SMARTS) is 1. The SMILES string of the molecule is COc1ccc(N2Cc3ccc(C(=O)O)cc3C2=O)cc1OC. The predicted molar refractivity (Wildman–Crippen MR) is 83.5 cm³/mol. The molecule has 23 heavy (non-hydrogen) atoms. The zero-order chi connectivity index (χ0) is 16.6. The molecule has 0 saturated carbocycles. The molecule has 1 N–H and O–H groups in total. The molecule has 118 valence electrons. The molecule has 1 aliphatic rings. The van der Waals surface area contributed by atoms with E-state index in [0.717, 1.165) is 5.56 Å². The molecule has 1 heterocycles. The van der Waals surface area contributed by atoms with Crippen molar-refractivity contribution in [1.29, 1.82) is 0 Å². The Hall–Kier alpha value is -3.02. The van der Waals surface area contributed by atoms with Crippen molar-refractivity contribution >= 4 is 17.6 Å². The minimum atomic E-state index is -1.05. The monoisotopic (exact) mass is 313 g/mol. The van der Waals surface area contributed by atoms with Gasteiger partial charge in [-0.1, -0.05) is 6.07 Å². The number of carbonyl (C=O) groups is 2. The summed E-state index contributed by atoms with van der Waals surface area (Å²) < 4.78 is 10.4. The lowest BCUT2D eigenvalue weighted by Gasteiger charge is -2.17. The average Bonchev–Trinajstić information content (AvgIpc) is 2.90. The maximum atomic E-state index is 12.6. The first-order valence-electron chi connectivity index (χ1n) is 6.95. The highest BCUT2D eigenvalue weighted by atomic mass is 16.5. The first-order chi connectivity index (χ1) is 11.0. The van der Waals surface area contributed by atoms with Crippen LogP contribution in [-0.2, 0) is 6.54 Å². The summed E-state index contributed by atoms with van der Waals surface area (Å²) in [7, 11) is 3.07. The second-order valence-electron chi connectivity index (χ2n) is 5.11. The van der Waals surface area contributed by atoms with Gasteiger partial charge in [-0.25, -0.2) is 4.79 Å². The van der Waals surface area contributed by atoms with Gasteiger partial charge in [-0.2, -0.15) is 0 Å². The van der Waals surface area contributed by atoms with Crippen molar-refractivity contribution in [3.8, 4) is 11.5 Å². The minimum Gasteiger partial charge on any atom is -0.493 e. The molecule has 1 amide bonds. The van der Waals surface area contributed by atoms with E-state index in [1.165, 1.54) is 19.2 Å². The van der Waals surface area contributed by atoms with Crippen LogP contribution in [0, 0.1) is 0 Å². The smallest absolute Gasteiger partial charge is 0.335 e. The number of anilines is 1. The van der Waals surface area contributed by atoms with Crippen molar-refractivity contribution in [2.45, 2.75) is 6.54 Å². The van der Waals surface area contributed by atoms with E-state index in [4.69, 9.17) is 14.6 Å². The molecule has 0 aliphatic carbocycles. The highest BCUT2D eigenvalue weighted by Crippen LogP contribution is 2.35. The largest absolute Gasteiger partial charge is 0.493 e. The molecular formula is C17H15NO5. The van der Waals surface area contributed by atoms with Crippen LogP contribution < -0.4 is 14.4 Å². The third-order valence-electron chi connectivity index (χ3n) is 3.84. The van der Waals surface area contributed by atoms with Crippen LogP contribution in [0.3, 0.4) is 0 Å². The Morgan fingerprint density at radius 2 is 1.83 bits per heavy atom. The molecule has 0 aromatic heterocycles. The zero-order valence-corrected chi connectivity index (χ0v) is 12.7. The first kappa shape index (κ1) is 14.9. The number of fused-ring (bicyclic) bond motifs is 1. The predicted octanol–water partition coefficient (Wildman–Crippen LogP) is 2.56. The maximum Gasteiger partial charge on any atom is 0.335 e. The number of ether oxygens (including phenoxy) is 2. The number of amides is 1. The van der Waals surface area contributed by atoms with Gasteiger partial charge in [0.25, 0.3) is 5.91 Å². The Morgan fingerprint density at radius 1 is 1.09 bits per heavy atom. The van der Waals surface area contributed by atoms with Crippen LogP contribution in [0.1, 0.15) is 26.3 Å². The van der Waals surface area contributed by atoms with E-state index in [1.54, 1.807) is 36.3 Å². The Balaban J connectivity index is 1.97. The van der Waals surface area contributed by atoms with E-state index in [-0.39, 0.29) is 11.5 Å². The summed E-state index contributed by atoms with van der Waals surface area (Å²) >= 11 is 0. The highest BCUT2D eigenvalue weighted by molar-refractivity contribution is 6.11. The Labute approximate surface area is 132 Å². The number of nitrogens with zero attached hydrogens (tertiary/aromatic N) is 1. The summed E-state index contributed by atoms with van der Waals surface area (Å²) in [6, 6.07) is 9.82. The normalized spacial score (nSPS) is 13.0. The summed E-state index contributed by atoms with van der Waals surface area (Å²) in [4.78, 5) is 25.2. The molecule has 2 aromatic rings. The Bertz CT molecular complexity index is 800. The molecule has 6 nitrogen and oxygen atoms in total. The number of carbonyl (C=O) groups excluding carboxylic acids is 1. The molecule has 6 heteroatoms. The lowest BCUT2D eigenvalue weighted by molar-refractivity contribution is 0.0697. The molecule has 0 spiro atoms. The van der Waals surface area contributed by atoms with Gasteiger partial charge in [0.2, 0.25) is 0 Å². The van der Waals surface area contributed by atoms with Gasteiger partial charge in [-0.3, -0.25) is 4.79 Å². The van der Waals surface area contributed by atoms with Gasteiger partial charge < -0.3 is 19.5 Å². The van der Waals surface area contributed by atoms with Crippen molar-refractivity contribution in [2.24, 2.45) is 0 Å². The van der Waals surface area contributed by atoms with Crippen LogP contribution >= 0.6 is 0 Å². The summed E-state index contributed by atoms with van der Waals surface area (Å²) in [5.41, 5.74) is 1.99. The molecule has 0 fully saturated rings. The number of hydrogen-bond acceptors (Lipinski definition) is 4. The van der Waals surface area contributed by atoms with Gasteiger partial charge in [0, 0.05) is 17.3 Å². The summed E-state index contributed by atoms with van der Waals surface area (Å²) in [6.45, 7) is 0.392. The molecule has 0 atom stereocenters. The fraction of sp³-hybridized carbons (Fsp3) is 0.176. The number of aromatic carboxylic acids is 1. The Morgan fingerprint density at radius 3 is 2.48 bits per heavy atom. The van der Waals surface area contributed by atoms with Gasteiger partial charge in [0.05, 0.1) is 26.3 Å². The van der Waals surface area contributed by atoms with E-state index in [2.05, 4.69) is 0 Å². The number of hydrogen-bond donors (Lipinski definition) is 1. The highest BCUT2D eigenvalue weighted by Gasteiger charge is 2.29. The summed E-state index contributed by atoms with van der Waals surface area (Å²) in [5, 5.41) is 9.06. The zero-order valence-electron chi connectivity index (χ0n) is 12.7. The van der Waals surface area contributed by atoms with Crippen LogP contribution in [0.4, 0.5) is 5.69 Å². The molecule has 0 unspecified atom stereocenters. The van der Waals surface area contributed by atoms with Crippen LogP contribution in [-0.4, -0.2) is 31.2 Å². The second kappa shape index (κ2) is 5.64. The van der Waals surface area contributed by atoms with Crippen molar-refractivity contribution in [3.05, 3.63) is 53.1 Å². The summed E-state index contributed by atoms with van der Waals surface area (Å²) in [5.74, 6) is -0.172. The van der Waals surface area contributed by atoms with Gasteiger partial charge in [0.15, 0.2) is 11.5 Å². The van der Waals surface area contributed by atoms with Crippen LogP contribution in [0.25, 0.3) is 0 Å². The van der Waals surface area contributed by atoms with Gasteiger partial charge in [0.1, 0.15) is 0 Å². The average molecular weight is 313 g/mol. The van der Waals surface area contributed by atoms with Gasteiger partial charge >= 0.3 is 5.97 Å². The van der Waals surface area contributed by atoms with E-state index in [0.29, 0.717) is 29.3 Å². The molecule has 2 aromatic carbocycles. The van der Waals surface area contributed by atoms with Crippen molar-refractivity contribution in [1.82, 2.24) is 0 Å². The van der Waals surface area contributed by atoms with Crippen LogP contribution in [0.5, 0.6) is 11.5 Å².